The average molecular weight is 411 g/mol. The second-order valence-corrected chi connectivity index (χ2v) is 8.29. The van der Waals surface area contributed by atoms with Crippen molar-refractivity contribution >= 4 is 23.5 Å². The highest BCUT2D eigenvalue weighted by molar-refractivity contribution is 5.95. The van der Waals surface area contributed by atoms with Crippen LogP contribution in [0, 0.1) is 13.8 Å². The van der Waals surface area contributed by atoms with Gasteiger partial charge in [0.25, 0.3) is 11.8 Å². The molecule has 6 nitrogen and oxygen atoms in total. The maximum absolute atomic E-state index is 12.2. The van der Waals surface area contributed by atoms with Gasteiger partial charge in [-0.1, -0.05) is 45.0 Å². The molecular weight excluding hydrogens is 380 g/mol. The fourth-order valence-electron chi connectivity index (χ4n) is 2.79. The van der Waals surface area contributed by atoms with Crippen LogP contribution in [0.15, 0.2) is 42.5 Å². The number of aryl methyl sites for hydroxylation is 1. The number of ether oxygens (including phenoxy) is 1. The number of nitrogens with one attached hydrogen (secondary N) is 2. The molecule has 6 heteroatoms. The van der Waals surface area contributed by atoms with Gasteiger partial charge in [-0.2, -0.15) is 0 Å². The maximum atomic E-state index is 12.2. The van der Waals surface area contributed by atoms with Crippen molar-refractivity contribution in [2.45, 2.75) is 46.5 Å². The average Bonchev–Trinajstić information content (AvgIpc) is 2.69. The van der Waals surface area contributed by atoms with Crippen LogP contribution in [-0.2, 0) is 19.7 Å². The lowest BCUT2D eigenvalue weighted by molar-refractivity contribution is -0.147. The first-order valence-electron chi connectivity index (χ1n) is 9.98. The molecule has 0 aromatic heterocycles. The summed E-state index contributed by atoms with van der Waals surface area (Å²) in [6.45, 7) is 9.96. The van der Waals surface area contributed by atoms with Gasteiger partial charge in [0.15, 0.2) is 6.61 Å². The van der Waals surface area contributed by atoms with Crippen molar-refractivity contribution in [3.05, 3.63) is 64.7 Å². The monoisotopic (exact) mass is 410 g/mol. The van der Waals surface area contributed by atoms with Crippen molar-refractivity contribution in [1.82, 2.24) is 5.32 Å². The van der Waals surface area contributed by atoms with E-state index in [0.717, 1.165) is 16.7 Å². The van der Waals surface area contributed by atoms with E-state index in [0.29, 0.717) is 11.3 Å². The smallest absolute Gasteiger partial charge is 0.308 e. The molecule has 0 heterocycles. The quantitative estimate of drug-likeness (QED) is 0.678. The van der Waals surface area contributed by atoms with Crippen molar-refractivity contribution in [1.29, 1.82) is 0 Å². The van der Waals surface area contributed by atoms with Crippen molar-refractivity contribution in [3.63, 3.8) is 0 Å². The van der Waals surface area contributed by atoms with E-state index in [9.17, 15) is 14.4 Å². The Morgan fingerprint density at radius 2 is 1.63 bits per heavy atom. The zero-order chi connectivity index (χ0) is 22.3. The summed E-state index contributed by atoms with van der Waals surface area (Å²) >= 11 is 0. The Balaban J connectivity index is 1.72. The van der Waals surface area contributed by atoms with Crippen LogP contribution in [0.25, 0.3) is 0 Å². The van der Waals surface area contributed by atoms with Crippen LogP contribution in [0.4, 0.5) is 5.69 Å². The van der Waals surface area contributed by atoms with E-state index >= 15 is 0 Å². The van der Waals surface area contributed by atoms with Gasteiger partial charge < -0.3 is 15.4 Å². The minimum atomic E-state index is -0.547. The van der Waals surface area contributed by atoms with Crippen molar-refractivity contribution < 1.29 is 19.1 Å². The van der Waals surface area contributed by atoms with Crippen LogP contribution >= 0.6 is 0 Å². The van der Waals surface area contributed by atoms with E-state index in [1.165, 1.54) is 0 Å². The summed E-state index contributed by atoms with van der Waals surface area (Å²) in [4.78, 5) is 36.0. The fourth-order valence-corrected chi connectivity index (χ4v) is 2.79. The number of anilines is 1. The molecule has 0 aliphatic carbocycles. The first-order valence-corrected chi connectivity index (χ1v) is 9.98. The lowest BCUT2D eigenvalue weighted by atomic mass is 9.87. The maximum Gasteiger partial charge on any atom is 0.308 e. The Morgan fingerprint density at radius 1 is 0.967 bits per heavy atom. The molecule has 2 amide bonds. The number of hydrogen-bond donors (Lipinski definition) is 2. The number of carbonyl (C=O) groups is 3. The Bertz CT molecular complexity index is 912. The molecule has 2 N–H and O–H groups in total. The van der Waals surface area contributed by atoms with E-state index in [-0.39, 0.29) is 30.9 Å². The highest BCUT2D eigenvalue weighted by atomic mass is 16.5. The highest BCUT2D eigenvalue weighted by Gasteiger charge is 2.15. The number of benzene rings is 2. The summed E-state index contributed by atoms with van der Waals surface area (Å²) < 4.78 is 4.98. The molecule has 160 valence electrons. The zero-order valence-corrected chi connectivity index (χ0v) is 18.3. The fraction of sp³-hybridized carbons (Fsp3) is 0.375. The summed E-state index contributed by atoms with van der Waals surface area (Å²) in [5.41, 5.74) is 4.42. The van der Waals surface area contributed by atoms with E-state index in [1.807, 2.05) is 38.1 Å². The zero-order valence-electron chi connectivity index (χ0n) is 18.3. The molecule has 2 rings (SSSR count). The highest BCUT2D eigenvalue weighted by Crippen LogP contribution is 2.22. The first-order chi connectivity index (χ1) is 14.1. The van der Waals surface area contributed by atoms with Crippen molar-refractivity contribution in [2.24, 2.45) is 0 Å². The third-order valence-corrected chi connectivity index (χ3v) is 4.87. The summed E-state index contributed by atoms with van der Waals surface area (Å²) in [7, 11) is 0. The van der Waals surface area contributed by atoms with E-state index in [2.05, 4.69) is 31.4 Å². The van der Waals surface area contributed by atoms with Gasteiger partial charge in [-0.3, -0.25) is 14.4 Å². The molecule has 0 spiro atoms. The molecule has 0 aliphatic rings. The molecule has 30 heavy (non-hydrogen) atoms. The molecule has 0 fully saturated rings. The molecule has 0 saturated heterocycles. The SMILES string of the molecule is Cc1cccc(NC(=O)COC(=O)CCNC(=O)c2ccc(C(C)(C)C)cc2)c1C. The Kier molecular flexibility index (Phi) is 7.75. The van der Waals surface area contributed by atoms with E-state index in [4.69, 9.17) is 4.74 Å². The van der Waals surface area contributed by atoms with Crippen LogP contribution in [0.5, 0.6) is 0 Å². The molecule has 2 aromatic rings. The first kappa shape index (κ1) is 23.1. The van der Waals surface area contributed by atoms with Gasteiger partial charge >= 0.3 is 5.97 Å². The minimum absolute atomic E-state index is 0.0113. The third-order valence-electron chi connectivity index (χ3n) is 4.87. The number of carbonyl (C=O) groups excluding carboxylic acids is 3. The van der Waals surface area contributed by atoms with Gasteiger partial charge in [0, 0.05) is 17.8 Å². The predicted molar refractivity (Wildman–Crippen MR) is 118 cm³/mol. The second-order valence-electron chi connectivity index (χ2n) is 8.29. The summed E-state index contributed by atoms with van der Waals surface area (Å²) in [6.07, 6.45) is -0.0113. The summed E-state index contributed by atoms with van der Waals surface area (Å²) in [5, 5.41) is 5.42. The van der Waals surface area contributed by atoms with E-state index in [1.54, 1.807) is 18.2 Å². The summed E-state index contributed by atoms with van der Waals surface area (Å²) in [6, 6.07) is 13.0. The Labute approximate surface area is 178 Å². The number of hydrogen-bond acceptors (Lipinski definition) is 4. The molecule has 0 unspecified atom stereocenters. The molecule has 0 radical (unpaired) electrons. The molecule has 0 aliphatic heterocycles. The molecular formula is C24H30N2O4. The van der Waals surface area contributed by atoms with Crippen molar-refractivity contribution in [2.75, 3.05) is 18.5 Å². The number of rotatable bonds is 7. The third kappa shape index (κ3) is 6.72. The standard InChI is InChI=1S/C24H30N2O4/c1-16-7-6-8-20(17(16)2)26-21(27)15-30-22(28)13-14-25-23(29)18-9-11-19(12-10-18)24(3,4)5/h6-12H,13-15H2,1-5H3,(H,25,29)(H,26,27). The number of amides is 2. The van der Waals surface area contributed by atoms with Gasteiger partial charge in [0.1, 0.15) is 0 Å². The van der Waals surface area contributed by atoms with Crippen LogP contribution in [0.2, 0.25) is 0 Å². The lowest BCUT2D eigenvalue weighted by Gasteiger charge is -2.19. The Hall–Kier alpha value is -3.15. The lowest BCUT2D eigenvalue weighted by Crippen LogP contribution is -2.28. The van der Waals surface area contributed by atoms with Crippen LogP contribution in [0.3, 0.4) is 0 Å². The van der Waals surface area contributed by atoms with Gasteiger partial charge in [0.05, 0.1) is 6.42 Å². The Morgan fingerprint density at radius 3 is 2.27 bits per heavy atom. The molecule has 0 saturated carbocycles. The largest absolute Gasteiger partial charge is 0.456 e. The van der Waals surface area contributed by atoms with Gasteiger partial charge in [-0.25, -0.2) is 0 Å². The summed E-state index contributed by atoms with van der Waals surface area (Å²) in [5.74, 6) is -1.20. The van der Waals surface area contributed by atoms with Crippen LogP contribution in [0.1, 0.15) is 54.2 Å². The van der Waals surface area contributed by atoms with Crippen LogP contribution < -0.4 is 10.6 Å². The van der Waals surface area contributed by atoms with Crippen LogP contribution in [-0.4, -0.2) is 30.9 Å². The van der Waals surface area contributed by atoms with Gasteiger partial charge in [-0.05, 0) is 54.2 Å². The van der Waals surface area contributed by atoms with Gasteiger partial charge in [-0.15, -0.1) is 0 Å². The number of esters is 1. The van der Waals surface area contributed by atoms with Gasteiger partial charge in [0.2, 0.25) is 0 Å². The minimum Gasteiger partial charge on any atom is -0.456 e. The predicted octanol–water partition coefficient (Wildman–Crippen LogP) is 3.90. The van der Waals surface area contributed by atoms with Crippen molar-refractivity contribution in [3.8, 4) is 0 Å². The molecule has 0 atom stereocenters. The molecule has 2 aromatic carbocycles. The molecule has 0 bridgehead atoms. The topological polar surface area (TPSA) is 84.5 Å². The second kappa shape index (κ2) is 10.1. The van der Waals surface area contributed by atoms with E-state index < -0.39 is 11.9 Å². The normalized spacial score (nSPS) is 11.0.